The van der Waals surface area contributed by atoms with Crippen molar-refractivity contribution in [1.29, 1.82) is 0 Å². The van der Waals surface area contributed by atoms with Crippen LogP contribution in [0.4, 0.5) is 0 Å². The van der Waals surface area contributed by atoms with Crippen molar-refractivity contribution >= 4 is 26.8 Å². The summed E-state index contributed by atoms with van der Waals surface area (Å²) in [5.41, 5.74) is 2.26. The van der Waals surface area contributed by atoms with Gasteiger partial charge in [0, 0.05) is 42.7 Å². The number of carbonyl (C=O) groups is 1. The number of para-hydroxylation sites is 1. The Morgan fingerprint density at radius 1 is 1.27 bits per heavy atom. The Morgan fingerprint density at radius 2 is 2.00 bits per heavy atom. The van der Waals surface area contributed by atoms with E-state index in [1.165, 1.54) is 21.5 Å². The third kappa shape index (κ3) is 4.65. The summed E-state index contributed by atoms with van der Waals surface area (Å²) in [5.74, 6) is -0.100. The number of hydrogen-bond donors (Lipinski definition) is 2. The van der Waals surface area contributed by atoms with Gasteiger partial charge in [-0.25, -0.2) is 8.42 Å². The number of rotatable bonds is 8. The van der Waals surface area contributed by atoms with E-state index < -0.39 is 10.0 Å². The first kappa shape index (κ1) is 18.9. The van der Waals surface area contributed by atoms with Gasteiger partial charge in [-0.05, 0) is 30.9 Å². The zero-order valence-electron chi connectivity index (χ0n) is 15.2. The number of sulfonamides is 1. The Balaban J connectivity index is 1.47. The van der Waals surface area contributed by atoms with Gasteiger partial charge in [-0.2, -0.15) is 4.31 Å². The topological polar surface area (TPSA) is 82.3 Å². The third-order valence-corrected chi connectivity index (χ3v) is 6.44. The molecule has 0 radical (unpaired) electrons. The molecule has 0 saturated heterocycles. The summed E-state index contributed by atoms with van der Waals surface area (Å²) < 4.78 is 25.5. The zero-order valence-corrected chi connectivity index (χ0v) is 16.0. The van der Waals surface area contributed by atoms with Gasteiger partial charge < -0.3 is 10.3 Å². The normalized spacial score (nSPS) is 15.8. The maximum Gasteiger partial charge on any atom is 0.221 e. The second kappa shape index (κ2) is 8.22. The second-order valence-electron chi connectivity index (χ2n) is 7.02. The Bertz CT molecular complexity index is 854. The summed E-state index contributed by atoms with van der Waals surface area (Å²) in [4.78, 5) is 15.4. The van der Waals surface area contributed by atoms with Gasteiger partial charge in [-0.1, -0.05) is 31.0 Å². The van der Waals surface area contributed by atoms with Crippen LogP contribution in [-0.4, -0.2) is 49.0 Å². The minimum atomic E-state index is -3.28. The van der Waals surface area contributed by atoms with Crippen LogP contribution in [0.3, 0.4) is 0 Å². The average molecular weight is 378 g/mol. The summed E-state index contributed by atoms with van der Waals surface area (Å²) in [6, 6.07) is 8.14. The lowest BCUT2D eigenvalue weighted by molar-refractivity contribution is -0.121. The number of hydrogen-bond acceptors (Lipinski definition) is 3. The van der Waals surface area contributed by atoms with Crippen molar-refractivity contribution in [3.8, 4) is 0 Å². The zero-order chi connectivity index (χ0) is 18.6. The molecule has 0 bridgehead atoms. The Morgan fingerprint density at radius 3 is 2.73 bits per heavy atom. The quantitative estimate of drug-likeness (QED) is 0.741. The molecular formula is C19H27N3O3S. The van der Waals surface area contributed by atoms with E-state index in [2.05, 4.69) is 16.4 Å². The highest BCUT2D eigenvalue weighted by molar-refractivity contribution is 7.88. The van der Waals surface area contributed by atoms with Crippen LogP contribution in [-0.2, 0) is 21.2 Å². The molecule has 1 fully saturated rings. The van der Waals surface area contributed by atoms with E-state index in [4.69, 9.17) is 0 Å². The van der Waals surface area contributed by atoms with Crippen LogP contribution >= 0.6 is 0 Å². The number of nitrogens with zero attached hydrogens (tertiary/aromatic N) is 1. The number of aromatic amines is 1. The minimum absolute atomic E-state index is 0.0593. The van der Waals surface area contributed by atoms with E-state index in [9.17, 15) is 13.2 Å². The molecule has 26 heavy (non-hydrogen) atoms. The molecule has 2 aromatic rings. The molecule has 3 rings (SSSR count). The lowest BCUT2D eigenvalue weighted by Gasteiger charge is -2.26. The molecule has 1 aromatic heterocycles. The van der Waals surface area contributed by atoms with E-state index in [-0.39, 0.29) is 24.9 Å². The highest BCUT2D eigenvalue weighted by atomic mass is 32.2. The fourth-order valence-electron chi connectivity index (χ4n) is 3.79. The first-order valence-electron chi connectivity index (χ1n) is 9.23. The Labute approximate surface area is 155 Å². The molecule has 0 spiro atoms. The average Bonchev–Trinajstić information content (AvgIpc) is 3.24. The molecule has 142 valence electrons. The van der Waals surface area contributed by atoms with Gasteiger partial charge in [-0.3, -0.25) is 4.79 Å². The van der Waals surface area contributed by atoms with Crippen molar-refractivity contribution in [3.63, 3.8) is 0 Å². The summed E-state index contributed by atoms with van der Waals surface area (Å²) >= 11 is 0. The van der Waals surface area contributed by atoms with Crippen molar-refractivity contribution in [3.05, 3.63) is 36.0 Å². The van der Waals surface area contributed by atoms with Gasteiger partial charge in [0.15, 0.2) is 0 Å². The Hall–Kier alpha value is -1.86. The SMILES string of the molecule is CS(=O)(=O)N(CCC(=O)NCCc1c[nH]c2ccccc12)C1CCCC1. The van der Waals surface area contributed by atoms with Gasteiger partial charge in [0.25, 0.3) is 0 Å². The molecule has 1 saturated carbocycles. The number of nitrogens with one attached hydrogen (secondary N) is 2. The summed E-state index contributed by atoms with van der Waals surface area (Å²) in [6.45, 7) is 0.811. The first-order valence-corrected chi connectivity index (χ1v) is 11.1. The van der Waals surface area contributed by atoms with Crippen LogP contribution in [0.15, 0.2) is 30.5 Å². The van der Waals surface area contributed by atoms with Gasteiger partial charge in [0.1, 0.15) is 0 Å². The lowest BCUT2D eigenvalue weighted by atomic mass is 10.1. The molecule has 2 N–H and O–H groups in total. The highest BCUT2D eigenvalue weighted by Crippen LogP contribution is 2.25. The van der Waals surface area contributed by atoms with E-state index in [0.29, 0.717) is 6.54 Å². The summed E-state index contributed by atoms with van der Waals surface area (Å²) in [6.07, 6.45) is 8.08. The molecule has 6 nitrogen and oxygen atoms in total. The van der Waals surface area contributed by atoms with Crippen molar-refractivity contribution in [1.82, 2.24) is 14.6 Å². The van der Waals surface area contributed by atoms with Crippen LogP contribution in [0.1, 0.15) is 37.7 Å². The predicted molar refractivity (Wildman–Crippen MR) is 103 cm³/mol. The highest BCUT2D eigenvalue weighted by Gasteiger charge is 2.29. The number of H-pyrrole nitrogens is 1. The molecule has 1 heterocycles. The maximum absolute atomic E-state index is 12.1. The second-order valence-corrected chi connectivity index (χ2v) is 8.96. The summed E-state index contributed by atoms with van der Waals surface area (Å²) in [7, 11) is -3.28. The molecule has 1 amide bonds. The van der Waals surface area contributed by atoms with Gasteiger partial charge in [0.2, 0.25) is 15.9 Å². The van der Waals surface area contributed by atoms with Gasteiger partial charge in [-0.15, -0.1) is 0 Å². The first-order chi connectivity index (χ1) is 12.4. The maximum atomic E-state index is 12.1. The van der Waals surface area contributed by atoms with Crippen LogP contribution in [0.5, 0.6) is 0 Å². The van der Waals surface area contributed by atoms with E-state index in [1.54, 1.807) is 0 Å². The van der Waals surface area contributed by atoms with Crippen molar-refractivity contribution < 1.29 is 13.2 Å². The number of benzene rings is 1. The fourth-order valence-corrected chi connectivity index (χ4v) is 4.96. The van der Waals surface area contributed by atoms with E-state index >= 15 is 0 Å². The molecule has 1 aromatic carbocycles. The standard InChI is InChI=1S/C19H27N3O3S/c1-26(24,25)22(16-6-2-3-7-16)13-11-19(23)20-12-10-15-14-21-18-9-5-4-8-17(15)18/h4-5,8-9,14,16,21H,2-3,6-7,10-13H2,1H3,(H,20,23). The molecular weight excluding hydrogens is 350 g/mol. The number of aromatic nitrogens is 1. The van der Waals surface area contributed by atoms with Gasteiger partial charge >= 0.3 is 0 Å². The smallest absolute Gasteiger partial charge is 0.221 e. The minimum Gasteiger partial charge on any atom is -0.361 e. The van der Waals surface area contributed by atoms with Crippen molar-refractivity contribution in [2.24, 2.45) is 0 Å². The van der Waals surface area contributed by atoms with Crippen molar-refractivity contribution in [2.75, 3.05) is 19.3 Å². The number of amides is 1. The van der Waals surface area contributed by atoms with Crippen LogP contribution < -0.4 is 5.32 Å². The summed E-state index contributed by atoms with van der Waals surface area (Å²) in [5, 5.41) is 4.08. The van der Waals surface area contributed by atoms with Crippen molar-refractivity contribution in [2.45, 2.75) is 44.6 Å². The fraction of sp³-hybridized carbons (Fsp3) is 0.526. The molecule has 7 heteroatoms. The lowest BCUT2D eigenvalue weighted by Crippen LogP contribution is -2.40. The number of carbonyl (C=O) groups excluding carboxylic acids is 1. The van der Waals surface area contributed by atoms with Crippen LogP contribution in [0.25, 0.3) is 10.9 Å². The van der Waals surface area contributed by atoms with Gasteiger partial charge in [0.05, 0.1) is 6.26 Å². The van der Waals surface area contributed by atoms with E-state index in [1.807, 2.05) is 24.4 Å². The number of fused-ring (bicyclic) bond motifs is 1. The molecule has 1 aliphatic carbocycles. The molecule has 0 aliphatic heterocycles. The van der Waals surface area contributed by atoms with E-state index in [0.717, 1.165) is 37.6 Å². The largest absolute Gasteiger partial charge is 0.361 e. The monoisotopic (exact) mass is 377 g/mol. The molecule has 0 unspecified atom stereocenters. The third-order valence-electron chi connectivity index (χ3n) is 5.11. The predicted octanol–water partition coefficient (Wildman–Crippen LogP) is 2.42. The van der Waals surface area contributed by atoms with Crippen LogP contribution in [0.2, 0.25) is 0 Å². The molecule has 1 aliphatic rings. The molecule has 0 atom stereocenters. The Kier molecular flexibility index (Phi) is 5.98. The van der Waals surface area contributed by atoms with Crippen LogP contribution in [0, 0.1) is 0 Å².